The summed E-state index contributed by atoms with van der Waals surface area (Å²) in [6.45, 7) is 1.99. The average molecular weight is 266 g/mol. The number of benzene rings is 1. The second-order valence-electron chi connectivity index (χ2n) is 4.75. The molecule has 0 aliphatic carbocycles. The van der Waals surface area contributed by atoms with Crippen molar-refractivity contribution in [2.45, 2.75) is 31.7 Å². The summed E-state index contributed by atoms with van der Waals surface area (Å²) in [5.74, 6) is 0. The lowest BCUT2D eigenvalue weighted by Gasteiger charge is -2.28. The van der Waals surface area contributed by atoms with Gasteiger partial charge in [-0.15, -0.1) is 0 Å². The summed E-state index contributed by atoms with van der Waals surface area (Å²) < 4.78 is 16.5. The van der Waals surface area contributed by atoms with Gasteiger partial charge in [0.25, 0.3) is 0 Å². The molecule has 1 unspecified atom stereocenters. The first kappa shape index (κ1) is 14.5. The van der Waals surface area contributed by atoms with Gasteiger partial charge in [0.15, 0.2) is 0 Å². The molecule has 106 valence electrons. The zero-order valence-corrected chi connectivity index (χ0v) is 11.4. The Hall–Kier alpha value is -0.940. The molecule has 0 aromatic heterocycles. The molecule has 1 atom stereocenters. The maximum Gasteiger partial charge on any atom is 0.106 e. The third kappa shape index (κ3) is 4.01. The van der Waals surface area contributed by atoms with E-state index in [1.54, 1.807) is 7.11 Å². The van der Waals surface area contributed by atoms with Crippen molar-refractivity contribution in [3.05, 3.63) is 35.4 Å². The van der Waals surface area contributed by atoms with E-state index in [9.17, 15) is 5.11 Å². The van der Waals surface area contributed by atoms with Gasteiger partial charge in [0, 0.05) is 20.3 Å². The topological polar surface area (TPSA) is 47.9 Å². The number of hydrogen-bond acceptors (Lipinski definition) is 4. The van der Waals surface area contributed by atoms with E-state index < -0.39 is 0 Å². The van der Waals surface area contributed by atoms with Crippen LogP contribution in [0.5, 0.6) is 0 Å². The third-order valence-electron chi connectivity index (χ3n) is 3.39. The number of ether oxygens (including phenoxy) is 3. The second kappa shape index (κ2) is 7.60. The van der Waals surface area contributed by atoms with Crippen molar-refractivity contribution >= 4 is 0 Å². The van der Waals surface area contributed by atoms with Crippen LogP contribution in [0.25, 0.3) is 0 Å². The molecular weight excluding hydrogens is 244 g/mol. The smallest absolute Gasteiger partial charge is 0.106 e. The van der Waals surface area contributed by atoms with Gasteiger partial charge in [0.2, 0.25) is 0 Å². The van der Waals surface area contributed by atoms with Crippen LogP contribution in [-0.2, 0) is 20.8 Å². The van der Waals surface area contributed by atoms with E-state index in [0.29, 0.717) is 6.61 Å². The summed E-state index contributed by atoms with van der Waals surface area (Å²) in [5, 5.41) is 9.61. The fourth-order valence-electron chi connectivity index (χ4n) is 2.39. The molecule has 1 aromatic carbocycles. The minimum absolute atomic E-state index is 0.0158. The van der Waals surface area contributed by atoms with Crippen LogP contribution in [0.1, 0.15) is 30.1 Å². The Balaban J connectivity index is 2.07. The van der Waals surface area contributed by atoms with Crippen LogP contribution in [0.2, 0.25) is 0 Å². The molecule has 1 aromatic rings. The molecule has 0 bridgehead atoms. The SMILES string of the molecule is COCc1ccccc1C(CO)OC1CCOCC1. The molecular formula is C15H22O4. The van der Waals surface area contributed by atoms with E-state index in [2.05, 4.69) is 0 Å². The molecule has 0 radical (unpaired) electrons. The van der Waals surface area contributed by atoms with E-state index in [1.165, 1.54) is 0 Å². The monoisotopic (exact) mass is 266 g/mol. The van der Waals surface area contributed by atoms with Crippen LogP contribution >= 0.6 is 0 Å². The fraction of sp³-hybridized carbons (Fsp3) is 0.600. The van der Waals surface area contributed by atoms with Crippen LogP contribution in [-0.4, -0.2) is 38.1 Å². The molecule has 1 aliphatic heterocycles. The van der Waals surface area contributed by atoms with Gasteiger partial charge < -0.3 is 19.3 Å². The van der Waals surface area contributed by atoms with Crippen molar-refractivity contribution in [2.75, 3.05) is 26.9 Å². The molecule has 1 fully saturated rings. The highest BCUT2D eigenvalue weighted by Gasteiger charge is 2.21. The summed E-state index contributed by atoms with van der Waals surface area (Å²) in [7, 11) is 1.67. The van der Waals surface area contributed by atoms with Crippen LogP contribution in [0, 0.1) is 0 Å². The van der Waals surface area contributed by atoms with E-state index in [4.69, 9.17) is 14.2 Å². The molecule has 0 saturated carbocycles. The van der Waals surface area contributed by atoms with Gasteiger partial charge in [-0.3, -0.25) is 0 Å². The van der Waals surface area contributed by atoms with Crippen LogP contribution in [0.15, 0.2) is 24.3 Å². The Morgan fingerprint density at radius 2 is 2.05 bits per heavy atom. The van der Waals surface area contributed by atoms with Gasteiger partial charge in [-0.25, -0.2) is 0 Å². The van der Waals surface area contributed by atoms with Crippen molar-refractivity contribution < 1.29 is 19.3 Å². The second-order valence-corrected chi connectivity index (χ2v) is 4.75. The lowest BCUT2D eigenvalue weighted by atomic mass is 10.0. The minimum atomic E-state index is -0.283. The molecule has 4 heteroatoms. The standard InChI is InChI=1S/C15H22O4/c1-17-11-12-4-2-3-5-14(12)15(10-16)19-13-6-8-18-9-7-13/h2-5,13,15-16H,6-11H2,1H3. The Labute approximate surface area is 114 Å². The summed E-state index contributed by atoms with van der Waals surface area (Å²) in [5.41, 5.74) is 2.08. The van der Waals surface area contributed by atoms with Gasteiger partial charge in [0.1, 0.15) is 6.10 Å². The molecule has 1 N–H and O–H groups in total. The molecule has 0 spiro atoms. The summed E-state index contributed by atoms with van der Waals surface area (Å²) in [6, 6.07) is 7.94. The Morgan fingerprint density at radius 1 is 1.32 bits per heavy atom. The van der Waals surface area contributed by atoms with Gasteiger partial charge >= 0.3 is 0 Å². The number of hydrogen-bond donors (Lipinski definition) is 1. The van der Waals surface area contributed by atoms with Crippen molar-refractivity contribution in [1.82, 2.24) is 0 Å². The highest BCUT2D eigenvalue weighted by atomic mass is 16.5. The zero-order chi connectivity index (χ0) is 13.5. The lowest BCUT2D eigenvalue weighted by molar-refractivity contribution is -0.0853. The van der Waals surface area contributed by atoms with Crippen molar-refractivity contribution in [3.63, 3.8) is 0 Å². The Morgan fingerprint density at radius 3 is 2.74 bits per heavy atom. The van der Waals surface area contributed by atoms with E-state index in [0.717, 1.165) is 37.2 Å². The van der Waals surface area contributed by atoms with E-state index in [1.807, 2.05) is 24.3 Å². The van der Waals surface area contributed by atoms with E-state index >= 15 is 0 Å². The maximum absolute atomic E-state index is 9.61. The van der Waals surface area contributed by atoms with Crippen LogP contribution < -0.4 is 0 Å². The number of aliphatic hydroxyl groups excluding tert-OH is 1. The van der Waals surface area contributed by atoms with Crippen molar-refractivity contribution in [2.24, 2.45) is 0 Å². The minimum Gasteiger partial charge on any atom is -0.393 e. The lowest BCUT2D eigenvalue weighted by Crippen LogP contribution is -2.26. The Bertz CT molecular complexity index is 374. The molecule has 1 saturated heterocycles. The number of methoxy groups -OCH3 is 1. The van der Waals surface area contributed by atoms with Crippen LogP contribution in [0.3, 0.4) is 0 Å². The first-order chi connectivity index (χ1) is 9.35. The van der Waals surface area contributed by atoms with Crippen molar-refractivity contribution in [3.8, 4) is 0 Å². The summed E-state index contributed by atoms with van der Waals surface area (Å²) >= 11 is 0. The van der Waals surface area contributed by atoms with E-state index in [-0.39, 0.29) is 18.8 Å². The predicted octanol–water partition coefficient (Wildman–Crippen LogP) is 2.06. The molecule has 4 nitrogen and oxygen atoms in total. The first-order valence-electron chi connectivity index (χ1n) is 6.76. The number of aliphatic hydroxyl groups is 1. The fourth-order valence-corrected chi connectivity index (χ4v) is 2.39. The molecule has 0 amide bonds. The van der Waals surface area contributed by atoms with Crippen molar-refractivity contribution in [1.29, 1.82) is 0 Å². The molecule has 19 heavy (non-hydrogen) atoms. The zero-order valence-electron chi connectivity index (χ0n) is 11.4. The summed E-state index contributed by atoms with van der Waals surface area (Å²) in [6.07, 6.45) is 1.67. The average Bonchev–Trinajstić information content (AvgIpc) is 2.47. The number of rotatable bonds is 6. The van der Waals surface area contributed by atoms with Gasteiger partial charge in [0.05, 0.1) is 19.3 Å². The molecule has 1 heterocycles. The first-order valence-corrected chi connectivity index (χ1v) is 6.76. The predicted molar refractivity (Wildman–Crippen MR) is 71.9 cm³/mol. The quantitative estimate of drug-likeness (QED) is 0.856. The van der Waals surface area contributed by atoms with Gasteiger partial charge in [-0.05, 0) is 24.0 Å². The molecule has 2 rings (SSSR count). The highest BCUT2D eigenvalue weighted by molar-refractivity contribution is 5.28. The van der Waals surface area contributed by atoms with Gasteiger partial charge in [-0.1, -0.05) is 24.3 Å². The maximum atomic E-state index is 9.61. The van der Waals surface area contributed by atoms with Gasteiger partial charge in [-0.2, -0.15) is 0 Å². The highest BCUT2D eigenvalue weighted by Crippen LogP contribution is 2.26. The largest absolute Gasteiger partial charge is 0.393 e. The molecule has 1 aliphatic rings. The normalized spacial score (nSPS) is 18.4. The third-order valence-corrected chi connectivity index (χ3v) is 3.39. The van der Waals surface area contributed by atoms with Crippen LogP contribution in [0.4, 0.5) is 0 Å². The summed E-state index contributed by atoms with van der Waals surface area (Å²) in [4.78, 5) is 0. The Kier molecular flexibility index (Phi) is 5.79.